The number of nitrogens with one attached hydrogen (secondary N) is 2. The number of ether oxygens (including phenoxy) is 2. The Kier molecular flexibility index (Phi) is 5.95. The maximum absolute atomic E-state index is 12.2. The fourth-order valence-corrected chi connectivity index (χ4v) is 2.00. The van der Waals surface area contributed by atoms with E-state index >= 15 is 0 Å². The second-order valence-corrected chi connectivity index (χ2v) is 5.26. The van der Waals surface area contributed by atoms with E-state index in [2.05, 4.69) is 20.6 Å². The van der Waals surface area contributed by atoms with Crippen LogP contribution in [-0.4, -0.2) is 36.1 Å². The van der Waals surface area contributed by atoms with Crippen molar-refractivity contribution in [1.29, 1.82) is 0 Å². The SMILES string of the molecule is CCC(C)NC(=O)c1cc(Nc2cc(OC)ccc2OC)ncn1. The fraction of sp³-hybridized carbons (Fsp3) is 0.353. The van der Waals surface area contributed by atoms with Crippen molar-refractivity contribution < 1.29 is 14.3 Å². The van der Waals surface area contributed by atoms with Crippen molar-refractivity contribution in [3.8, 4) is 11.5 Å². The van der Waals surface area contributed by atoms with Gasteiger partial charge in [-0.05, 0) is 25.5 Å². The van der Waals surface area contributed by atoms with Crippen LogP contribution in [0.4, 0.5) is 11.5 Å². The van der Waals surface area contributed by atoms with Crippen molar-refractivity contribution in [1.82, 2.24) is 15.3 Å². The van der Waals surface area contributed by atoms with Gasteiger partial charge in [0, 0.05) is 18.2 Å². The average Bonchev–Trinajstić information content (AvgIpc) is 2.61. The largest absolute Gasteiger partial charge is 0.497 e. The van der Waals surface area contributed by atoms with Gasteiger partial charge in [0.05, 0.1) is 19.9 Å². The van der Waals surface area contributed by atoms with Gasteiger partial charge in [-0.25, -0.2) is 9.97 Å². The lowest BCUT2D eigenvalue weighted by atomic mass is 10.2. The van der Waals surface area contributed by atoms with E-state index in [1.165, 1.54) is 6.33 Å². The van der Waals surface area contributed by atoms with Crippen LogP contribution in [0.2, 0.25) is 0 Å². The molecule has 2 rings (SSSR count). The number of hydrogen-bond acceptors (Lipinski definition) is 6. The zero-order valence-electron chi connectivity index (χ0n) is 14.3. The predicted octanol–water partition coefficient (Wildman–Crippen LogP) is 2.77. The second-order valence-electron chi connectivity index (χ2n) is 5.26. The van der Waals surface area contributed by atoms with Crippen molar-refractivity contribution in [3.05, 3.63) is 36.3 Å². The van der Waals surface area contributed by atoms with Gasteiger partial charge in [-0.15, -0.1) is 0 Å². The number of carbonyl (C=O) groups is 1. The van der Waals surface area contributed by atoms with Crippen LogP contribution in [0.1, 0.15) is 30.8 Å². The van der Waals surface area contributed by atoms with Crippen LogP contribution in [0.3, 0.4) is 0 Å². The van der Waals surface area contributed by atoms with E-state index in [4.69, 9.17) is 9.47 Å². The predicted molar refractivity (Wildman–Crippen MR) is 92.1 cm³/mol. The van der Waals surface area contributed by atoms with Gasteiger partial charge in [-0.2, -0.15) is 0 Å². The van der Waals surface area contributed by atoms with Gasteiger partial charge in [-0.3, -0.25) is 4.79 Å². The molecule has 0 aliphatic heterocycles. The lowest BCUT2D eigenvalue weighted by Gasteiger charge is -2.13. The lowest BCUT2D eigenvalue weighted by molar-refractivity contribution is 0.0934. The molecule has 0 saturated heterocycles. The van der Waals surface area contributed by atoms with Crippen molar-refractivity contribution in [2.75, 3.05) is 19.5 Å². The Morgan fingerprint density at radius 1 is 1.21 bits per heavy atom. The molecular formula is C17H22N4O3. The minimum absolute atomic E-state index is 0.0855. The van der Waals surface area contributed by atoms with Crippen LogP contribution in [0, 0.1) is 0 Å². The summed E-state index contributed by atoms with van der Waals surface area (Å²) in [5.74, 6) is 1.58. The third-order valence-electron chi connectivity index (χ3n) is 3.56. The van der Waals surface area contributed by atoms with Gasteiger partial charge >= 0.3 is 0 Å². The summed E-state index contributed by atoms with van der Waals surface area (Å²) in [6, 6.07) is 7.06. The van der Waals surface area contributed by atoms with E-state index in [0.29, 0.717) is 28.7 Å². The molecular weight excluding hydrogens is 308 g/mol. The molecule has 128 valence electrons. The number of rotatable bonds is 7. The molecule has 0 spiro atoms. The molecule has 1 unspecified atom stereocenters. The average molecular weight is 330 g/mol. The highest BCUT2D eigenvalue weighted by Gasteiger charge is 2.12. The van der Waals surface area contributed by atoms with Crippen LogP contribution in [0.5, 0.6) is 11.5 Å². The number of aromatic nitrogens is 2. The zero-order chi connectivity index (χ0) is 17.5. The first-order valence-electron chi connectivity index (χ1n) is 7.69. The summed E-state index contributed by atoms with van der Waals surface area (Å²) in [6.45, 7) is 3.95. The highest BCUT2D eigenvalue weighted by atomic mass is 16.5. The van der Waals surface area contributed by atoms with Crippen LogP contribution in [0.15, 0.2) is 30.6 Å². The Morgan fingerprint density at radius 3 is 2.67 bits per heavy atom. The molecule has 2 aromatic rings. The van der Waals surface area contributed by atoms with Crippen molar-refractivity contribution in [2.24, 2.45) is 0 Å². The van der Waals surface area contributed by atoms with Crippen LogP contribution < -0.4 is 20.1 Å². The molecule has 0 fully saturated rings. The van der Waals surface area contributed by atoms with E-state index in [1.807, 2.05) is 13.8 Å². The maximum atomic E-state index is 12.2. The highest BCUT2D eigenvalue weighted by Crippen LogP contribution is 2.30. The smallest absolute Gasteiger partial charge is 0.270 e. The van der Waals surface area contributed by atoms with E-state index in [9.17, 15) is 4.79 Å². The molecule has 1 aromatic carbocycles. The lowest BCUT2D eigenvalue weighted by Crippen LogP contribution is -2.32. The van der Waals surface area contributed by atoms with Gasteiger partial charge < -0.3 is 20.1 Å². The molecule has 7 heteroatoms. The molecule has 1 aromatic heterocycles. The summed E-state index contributed by atoms with van der Waals surface area (Å²) in [5, 5.41) is 6.00. The minimum Gasteiger partial charge on any atom is -0.497 e. The molecule has 0 aliphatic rings. The Balaban J connectivity index is 2.22. The summed E-state index contributed by atoms with van der Waals surface area (Å²) in [5.41, 5.74) is 0.985. The van der Waals surface area contributed by atoms with E-state index < -0.39 is 0 Å². The summed E-state index contributed by atoms with van der Waals surface area (Å²) in [4.78, 5) is 20.3. The summed E-state index contributed by atoms with van der Waals surface area (Å²) in [6.07, 6.45) is 2.20. The summed E-state index contributed by atoms with van der Waals surface area (Å²) >= 11 is 0. The topological polar surface area (TPSA) is 85.4 Å². The molecule has 0 radical (unpaired) electrons. The van der Waals surface area contributed by atoms with E-state index in [-0.39, 0.29) is 11.9 Å². The van der Waals surface area contributed by atoms with Crippen molar-refractivity contribution in [3.63, 3.8) is 0 Å². The summed E-state index contributed by atoms with van der Waals surface area (Å²) in [7, 11) is 3.17. The van der Waals surface area contributed by atoms with Gasteiger partial charge in [0.25, 0.3) is 5.91 Å². The number of carbonyl (C=O) groups excluding carboxylic acids is 1. The standard InChI is InChI=1S/C17H22N4O3/c1-5-11(2)20-17(22)14-9-16(19-10-18-14)21-13-8-12(23-3)6-7-15(13)24-4/h6-11H,5H2,1-4H3,(H,20,22)(H,18,19,21). The summed E-state index contributed by atoms with van der Waals surface area (Å²) < 4.78 is 10.5. The maximum Gasteiger partial charge on any atom is 0.270 e. The molecule has 0 aliphatic carbocycles. The quantitative estimate of drug-likeness (QED) is 0.812. The van der Waals surface area contributed by atoms with Gasteiger partial charge in [-0.1, -0.05) is 6.92 Å². The molecule has 24 heavy (non-hydrogen) atoms. The molecule has 7 nitrogen and oxygen atoms in total. The number of nitrogens with zero attached hydrogens (tertiary/aromatic N) is 2. The first-order chi connectivity index (χ1) is 11.6. The van der Waals surface area contributed by atoms with E-state index in [0.717, 1.165) is 6.42 Å². The minimum atomic E-state index is -0.229. The Labute approximate surface area is 141 Å². The molecule has 0 bridgehead atoms. The van der Waals surface area contributed by atoms with Crippen LogP contribution >= 0.6 is 0 Å². The fourth-order valence-electron chi connectivity index (χ4n) is 2.00. The molecule has 2 N–H and O–H groups in total. The Bertz CT molecular complexity index is 706. The Hall–Kier alpha value is -2.83. The van der Waals surface area contributed by atoms with Gasteiger partial charge in [0.2, 0.25) is 0 Å². The van der Waals surface area contributed by atoms with E-state index in [1.54, 1.807) is 38.5 Å². The normalized spacial score (nSPS) is 11.5. The first-order valence-corrected chi connectivity index (χ1v) is 7.69. The van der Waals surface area contributed by atoms with Crippen molar-refractivity contribution >= 4 is 17.4 Å². The van der Waals surface area contributed by atoms with Crippen molar-refractivity contribution in [2.45, 2.75) is 26.3 Å². The number of hydrogen-bond donors (Lipinski definition) is 2. The monoisotopic (exact) mass is 330 g/mol. The zero-order valence-corrected chi connectivity index (χ0v) is 14.3. The first kappa shape index (κ1) is 17.5. The third kappa shape index (κ3) is 4.34. The molecule has 0 saturated carbocycles. The van der Waals surface area contributed by atoms with Crippen LogP contribution in [-0.2, 0) is 0 Å². The van der Waals surface area contributed by atoms with Gasteiger partial charge in [0.15, 0.2) is 0 Å². The number of methoxy groups -OCH3 is 2. The molecule has 1 heterocycles. The third-order valence-corrected chi connectivity index (χ3v) is 3.56. The number of amides is 1. The second kappa shape index (κ2) is 8.14. The Morgan fingerprint density at radius 2 is 2.00 bits per heavy atom. The van der Waals surface area contributed by atoms with Crippen LogP contribution in [0.25, 0.3) is 0 Å². The highest BCUT2D eigenvalue weighted by molar-refractivity contribution is 5.93. The molecule has 1 atom stereocenters. The number of benzene rings is 1. The molecule has 1 amide bonds. The van der Waals surface area contributed by atoms with Gasteiger partial charge in [0.1, 0.15) is 29.3 Å². The number of anilines is 2.